The fourth-order valence-electron chi connectivity index (χ4n) is 3.90. The van der Waals surface area contributed by atoms with Crippen molar-refractivity contribution in [2.75, 3.05) is 12.3 Å². The summed E-state index contributed by atoms with van der Waals surface area (Å²) in [6.07, 6.45) is 6.01. The molecule has 0 atom stereocenters. The number of aromatic amines is 1. The number of nitrogens with one attached hydrogen (secondary N) is 2. The van der Waals surface area contributed by atoms with Gasteiger partial charge in [-0.15, -0.1) is 11.3 Å². The highest BCUT2D eigenvalue weighted by molar-refractivity contribution is 7.21. The first kappa shape index (κ1) is 16.3. The second-order valence-electron chi connectivity index (χ2n) is 7.01. The highest BCUT2D eigenvalue weighted by Gasteiger charge is 2.20. The van der Waals surface area contributed by atoms with Crippen LogP contribution in [-0.2, 0) is 19.3 Å². The molecule has 1 aromatic carbocycles. The maximum absolute atomic E-state index is 12.7. The number of fused-ring (bicyclic) bond motifs is 3. The molecule has 3 aromatic heterocycles. The third-order valence-corrected chi connectivity index (χ3v) is 6.42. The van der Waals surface area contributed by atoms with Crippen molar-refractivity contribution in [3.8, 4) is 0 Å². The van der Waals surface area contributed by atoms with Gasteiger partial charge in [-0.3, -0.25) is 4.79 Å². The van der Waals surface area contributed by atoms with Gasteiger partial charge in [0.15, 0.2) is 0 Å². The maximum atomic E-state index is 12.7. The molecule has 27 heavy (non-hydrogen) atoms. The molecule has 4 N–H and O–H groups in total. The molecule has 3 heterocycles. The van der Waals surface area contributed by atoms with Crippen LogP contribution in [0.1, 0.15) is 32.9 Å². The minimum absolute atomic E-state index is 0.115. The molecule has 5 nitrogen and oxygen atoms in total. The molecule has 1 amide bonds. The summed E-state index contributed by atoms with van der Waals surface area (Å²) in [6, 6.07) is 10.3. The Morgan fingerprint density at radius 1 is 1.26 bits per heavy atom. The molecule has 136 valence electrons. The van der Waals surface area contributed by atoms with Gasteiger partial charge in [-0.2, -0.15) is 0 Å². The lowest BCUT2D eigenvalue weighted by Crippen LogP contribution is -2.25. The Labute approximate surface area is 160 Å². The lowest BCUT2D eigenvalue weighted by Gasteiger charge is -2.04. The number of carbonyl (C=O) groups excluding carboxylic acids is 1. The van der Waals surface area contributed by atoms with Gasteiger partial charge in [0, 0.05) is 34.7 Å². The number of H-pyrrole nitrogens is 1. The van der Waals surface area contributed by atoms with Crippen molar-refractivity contribution in [3.63, 3.8) is 0 Å². The topological polar surface area (TPSA) is 83.8 Å². The van der Waals surface area contributed by atoms with Crippen molar-refractivity contribution in [1.29, 1.82) is 0 Å². The van der Waals surface area contributed by atoms with Gasteiger partial charge in [-0.1, -0.05) is 18.2 Å². The van der Waals surface area contributed by atoms with Crippen molar-refractivity contribution in [2.45, 2.75) is 25.7 Å². The van der Waals surface area contributed by atoms with Gasteiger partial charge in [0.1, 0.15) is 9.71 Å². The van der Waals surface area contributed by atoms with E-state index in [4.69, 9.17) is 10.7 Å². The van der Waals surface area contributed by atoms with Crippen molar-refractivity contribution >= 4 is 44.1 Å². The third-order valence-electron chi connectivity index (χ3n) is 5.31. The molecule has 1 aliphatic rings. The van der Waals surface area contributed by atoms with Crippen molar-refractivity contribution in [2.24, 2.45) is 0 Å². The lowest BCUT2D eigenvalue weighted by molar-refractivity contribution is 0.0959. The number of nitrogen functional groups attached to an aromatic ring is 1. The average molecular weight is 376 g/mol. The SMILES string of the molecule is Nc1c(C(=O)NCCc2c[nH]c3ccccc23)sc2nc3c(cc12)CCC3. The largest absolute Gasteiger partial charge is 0.397 e. The van der Waals surface area contributed by atoms with E-state index in [1.54, 1.807) is 0 Å². The Morgan fingerprint density at radius 2 is 2.15 bits per heavy atom. The Balaban J connectivity index is 1.33. The van der Waals surface area contributed by atoms with Gasteiger partial charge in [-0.05, 0) is 48.9 Å². The van der Waals surface area contributed by atoms with Gasteiger partial charge in [0.05, 0.1) is 5.69 Å². The minimum atomic E-state index is -0.115. The number of hydrogen-bond donors (Lipinski definition) is 3. The van der Waals surface area contributed by atoms with Gasteiger partial charge in [0.2, 0.25) is 0 Å². The van der Waals surface area contributed by atoms with E-state index >= 15 is 0 Å². The molecule has 0 saturated carbocycles. The summed E-state index contributed by atoms with van der Waals surface area (Å²) in [6.45, 7) is 0.568. The fraction of sp³-hybridized carbons (Fsp3) is 0.238. The molecule has 5 rings (SSSR count). The highest BCUT2D eigenvalue weighted by atomic mass is 32.1. The molecule has 6 heteroatoms. The van der Waals surface area contributed by atoms with Crippen molar-refractivity contribution < 1.29 is 4.79 Å². The molecule has 4 aromatic rings. The van der Waals surface area contributed by atoms with Crippen molar-refractivity contribution in [1.82, 2.24) is 15.3 Å². The summed E-state index contributed by atoms with van der Waals surface area (Å²) in [5.41, 5.74) is 11.6. The number of thiophene rings is 1. The Bertz CT molecular complexity index is 1170. The van der Waals surface area contributed by atoms with E-state index in [1.807, 2.05) is 18.3 Å². The van der Waals surface area contributed by atoms with Crippen LogP contribution in [0.2, 0.25) is 0 Å². The number of aryl methyl sites for hydroxylation is 2. The van der Waals surface area contributed by atoms with Crippen LogP contribution in [0.25, 0.3) is 21.1 Å². The number of amides is 1. The van der Waals surface area contributed by atoms with Gasteiger partial charge >= 0.3 is 0 Å². The molecule has 0 spiro atoms. The molecule has 0 unspecified atom stereocenters. The normalized spacial score (nSPS) is 13.3. The summed E-state index contributed by atoms with van der Waals surface area (Å²) < 4.78 is 0. The summed E-state index contributed by atoms with van der Waals surface area (Å²) in [7, 11) is 0. The van der Waals surface area contributed by atoms with Crippen LogP contribution in [0.3, 0.4) is 0 Å². The smallest absolute Gasteiger partial charge is 0.263 e. The zero-order valence-corrected chi connectivity index (χ0v) is 15.7. The molecule has 1 aliphatic carbocycles. The molecular formula is C21H20N4OS. The lowest BCUT2D eigenvalue weighted by atomic mass is 10.1. The second kappa shape index (κ2) is 6.39. The first-order valence-electron chi connectivity index (χ1n) is 9.24. The van der Waals surface area contributed by atoms with E-state index in [1.165, 1.54) is 27.8 Å². The Morgan fingerprint density at radius 3 is 3.07 bits per heavy atom. The van der Waals surface area contributed by atoms with Crippen LogP contribution in [0, 0.1) is 0 Å². The van der Waals surface area contributed by atoms with E-state index < -0.39 is 0 Å². The molecule has 0 fully saturated rings. The first-order chi connectivity index (χ1) is 13.2. The number of pyridine rings is 1. The summed E-state index contributed by atoms with van der Waals surface area (Å²) in [5.74, 6) is -0.115. The fourth-order valence-corrected chi connectivity index (χ4v) is 4.91. The molecule has 0 radical (unpaired) electrons. The van der Waals surface area contributed by atoms with E-state index in [0.717, 1.165) is 47.1 Å². The van der Waals surface area contributed by atoms with E-state index in [9.17, 15) is 4.79 Å². The number of benzene rings is 1. The van der Waals surface area contributed by atoms with Crippen LogP contribution in [-0.4, -0.2) is 22.4 Å². The number of para-hydroxylation sites is 1. The standard InChI is InChI=1S/C21H20N4OS/c22-18-15-10-12-4-3-7-16(12)25-21(15)27-19(18)20(26)23-9-8-13-11-24-17-6-2-1-5-14(13)17/h1-2,5-6,10-11,24H,3-4,7-9,22H2,(H,23,26). The third kappa shape index (κ3) is 2.77. The number of aromatic nitrogens is 2. The van der Waals surface area contributed by atoms with E-state index in [0.29, 0.717) is 17.1 Å². The van der Waals surface area contributed by atoms with Crippen LogP contribution in [0.5, 0.6) is 0 Å². The second-order valence-corrected chi connectivity index (χ2v) is 8.01. The van der Waals surface area contributed by atoms with Gasteiger partial charge < -0.3 is 16.0 Å². The maximum Gasteiger partial charge on any atom is 0.263 e. The van der Waals surface area contributed by atoms with Gasteiger partial charge in [-0.25, -0.2) is 4.98 Å². The number of rotatable bonds is 4. The van der Waals surface area contributed by atoms with Crippen LogP contribution < -0.4 is 11.1 Å². The number of hydrogen-bond acceptors (Lipinski definition) is 4. The first-order valence-corrected chi connectivity index (χ1v) is 10.1. The quantitative estimate of drug-likeness (QED) is 0.506. The summed E-state index contributed by atoms with van der Waals surface area (Å²) in [5, 5.41) is 5.13. The zero-order valence-electron chi connectivity index (χ0n) is 14.8. The number of carbonyl (C=O) groups is 1. The number of anilines is 1. The monoisotopic (exact) mass is 376 g/mol. The summed E-state index contributed by atoms with van der Waals surface area (Å²) in [4.78, 5) is 22.1. The van der Waals surface area contributed by atoms with Crippen LogP contribution in [0.15, 0.2) is 36.5 Å². The minimum Gasteiger partial charge on any atom is -0.397 e. The average Bonchev–Trinajstić information content (AvgIpc) is 3.38. The predicted molar refractivity (Wildman–Crippen MR) is 110 cm³/mol. The zero-order chi connectivity index (χ0) is 18.4. The van der Waals surface area contributed by atoms with Crippen LogP contribution >= 0.6 is 11.3 Å². The summed E-state index contributed by atoms with van der Waals surface area (Å²) >= 11 is 1.39. The Hall–Kier alpha value is -2.86. The van der Waals surface area contributed by atoms with Crippen molar-refractivity contribution in [3.05, 3.63) is 58.2 Å². The predicted octanol–water partition coefficient (Wildman–Crippen LogP) is 3.82. The Kier molecular flexibility index (Phi) is 3.86. The molecule has 0 aliphatic heterocycles. The van der Waals surface area contributed by atoms with E-state index in [2.05, 4.69) is 28.5 Å². The molecule has 0 bridgehead atoms. The van der Waals surface area contributed by atoms with Crippen LogP contribution in [0.4, 0.5) is 5.69 Å². The molecule has 0 saturated heterocycles. The molecular weight excluding hydrogens is 356 g/mol. The van der Waals surface area contributed by atoms with Gasteiger partial charge in [0.25, 0.3) is 5.91 Å². The number of nitrogens with two attached hydrogens (primary N) is 1. The number of nitrogens with zero attached hydrogens (tertiary/aromatic N) is 1. The van der Waals surface area contributed by atoms with E-state index in [-0.39, 0.29) is 5.91 Å². The highest BCUT2D eigenvalue weighted by Crippen LogP contribution is 2.35.